The molecule has 1 fully saturated rings. The summed E-state index contributed by atoms with van der Waals surface area (Å²) in [5.41, 5.74) is 1.52. The van der Waals surface area contributed by atoms with Gasteiger partial charge in [0.15, 0.2) is 5.11 Å². The van der Waals surface area contributed by atoms with Gasteiger partial charge >= 0.3 is 0 Å². The van der Waals surface area contributed by atoms with Crippen LogP contribution in [0.4, 0.5) is 0 Å². The molecule has 0 radical (unpaired) electrons. The Morgan fingerprint density at radius 1 is 0.971 bits per heavy atom. The molecular formula is C25H23Cl3N4O2S. The summed E-state index contributed by atoms with van der Waals surface area (Å²) in [6, 6.07) is 18.5. The number of hydrogen-bond donors (Lipinski definition) is 2. The molecule has 2 aliphatic rings. The van der Waals surface area contributed by atoms with Crippen LogP contribution in [0.25, 0.3) is 10.8 Å². The van der Waals surface area contributed by atoms with Crippen molar-refractivity contribution in [1.82, 2.24) is 20.1 Å². The molecule has 0 aliphatic carbocycles. The summed E-state index contributed by atoms with van der Waals surface area (Å²) >= 11 is 24.4. The lowest BCUT2D eigenvalue weighted by Gasteiger charge is -2.44. The second-order valence-corrected chi connectivity index (χ2v) is 11.8. The SMILES string of the molecule is O=C(N[C@@H](NC(=S)N1C[C@@H]2C[C@@H](C1)c1cccc(=O)n1C2)C(Cl)(Cl)Cl)c1cccc2ccccc12. The molecule has 6 nitrogen and oxygen atoms in total. The number of thiocarbonyl (C=S) groups is 1. The molecule has 3 atom stereocenters. The number of nitrogens with zero attached hydrogens (tertiary/aromatic N) is 2. The fraction of sp³-hybridized carbons (Fsp3) is 0.320. The highest BCUT2D eigenvalue weighted by Gasteiger charge is 2.39. The van der Waals surface area contributed by atoms with Crippen LogP contribution in [0.5, 0.6) is 0 Å². The van der Waals surface area contributed by atoms with Gasteiger partial charge in [-0.05, 0) is 47.5 Å². The fourth-order valence-electron chi connectivity index (χ4n) is 5.11. The zero-order chi connectivity index (χ0) is 24.7. The average Bonchev–Trinajstić information content (AvgIpc) is 2.83. The minimum atomic E-state index is -1.85. The number of hydrogen-bond acceptors (Lipinski definition) is 3. The predicted molar refractivity (Wildman–Crippen MR) is 144 cm³/mol. The second-order valence-electron chi connectivity index (χ2n) is 9.03. The molecule has 10 heteroatoms. The molecule has 1 saturated heterocycles. The van der Waals surface area contributed by atoms with Crippen molar-refractivity contribution in [2.24, 2.45) is 5.92 Å². The van der Waals surface area contributed by atoms with Crippen molar-refractivity contribution in [2.45, 2.75) is 28.8 Å². The van der Waals surface area contributed by atoms with Crippen LogP contribution in [-0.2, 0) is 6.54 Å². The first-order valence-electron chi connectivity index (χ1n) is 11.3. The van der Waals surface area contributed by atoms with Gasteiger partial charge in [0.1, 0.15) is 6.17 Å². The van der Waals surface area contributed by atoms with Crippen molar-refractivity contribution in [2.75, 3.05) is 13.1 Å². The number of aromatic nitrogens is 1. The topological polar surface area (TPSA) is 66.4 Å². The number of nitrogens with one attached hydrogen (secondary N) is 2. The number of alkyl halides is 3. The van der Waals surface area contributed by atoms with Crippen LogP contribution in [-0.4, -0.2) is 43.5 Å². The highest BCUT2D eigenvalue weighted by atomic mass is 35.6. The third-order valence-corrected chi connectivity index (χ3v) is 7.70. The van der Waals surface area contributed by atoms with Gasteiger partial charge in [-0.15, -0.1) is 0 Å². The summed E-state index contributed by atoms with van der Waals surface area (Å²) < 4.78 is 0.0110. The Kier molecular flexibility index (Phi) is 6.70. The van der Waals surface area contributed by atoms with Crippen LogP contribution in [0.1, 0.15) is 28.4 Å². The molecule has 0 spiro atoms. The lowest BCUT2D eigenvalue weighted by molar-refractivity contribution is 0.0934. The van der Waals surface area contributed by atoms with E-state index in [1.54, 1.807) is 18.2 Å². The number of carbonyl (C=O) groups excluding carboxylic acids is 1. The molecule has 2 aliphatic heterocycles. The first-order valence-corrected chi connectivity index (χ1v) is 12.9. The average molecular weight is 550 g/mol. The largest absolute Gasteiger partial charge is 0.348 e. The van der Waals surface area contributed by atoms with Gasteiger partial charge in [-0.25, -0.2) is 0 Å². The molecule has 0 unspecified atom stereocenters. The summed E-state index contributed by atoms with van der Waals surface area (Å²) in [5.74, 6) is 0.0717. The van der Waals surface area contributed by atoms with Crippen molar-refractivity contribution in [3.63, 3.8) is 0 Å². The van der Waals surface area contributed by atoms with E-state index in [1.807, 2.05) is 51.9 Å². The van der Waals surface area contributed by atoms with Crippen LogP contribution < -0.4 is 16.2 Å². The molecule has 3 aromatic rings. The number of fused-ring (bicyclic) bond motifs is 5. The van der Waals surface area contributed by atoms with E-state index >= 15 is 0 Å². The minimum Gasteiger partial charge on any atom is -0.348 e. The van der Waals surface area contributed by atoms with Gasteiger partial charge in [0.2, 0.25) is 3.79 Å². The van der Waals surface area contributed by atoms with Crippen LogP contribution >= 0.6 is 47.0 Å². The van der Waals surface area contributed by atoms with Crippen LogP contribution in [0.2, 0.25) is 0 Å². The molecule has 2 bridgehead atoms. The van der Waals surface area contributed by atoms with Gasteiger partial charge < -0.3 is 20.1 Å². The Hall–Kier alpha value is -2.32. The van der Waals surface area contributed by atoms with Gasteiger partial charge in [-0.2, -0.15) is 0 Å². The highest BCUT2D eigenvalue weighted by Crippen LogP contribution is 2.35. The van der Waals surface area contributed by atoms with Crippen molar-refractivity contribution < 1.29 is 4.79 Å². The second kappa shape index (κ2) is 9.62. The Morgan fingerprint density at radius 2 is 1.71 bits per heavy atom. The molecular weight excluding hydrogens is 527 g/mol. The van der Waals surface area contributed by atoms with Gasteiger partial charge in [-0.3, -0.25) is 9.59 Å². The lowest BCUT2D eigenvalue weighted by Crippen LogP contribution is -2.60. The van der Waals surface area contributed by atoms with Crippen LogP contribution in [0.3, 0.4) is 0 Å². The third-order valence-electron chi connectivity index (χ3n) is 6.67. The van der Waals surface area contributed by atoms with Crippen molar-refractivity contribution in [1.29, 1.82) is 0 Å². The number of pyridine rings is 1. The van der Waals surface area contributed by atoms with E-state index in [4.69, 9.17) is 47.0 Å². The molecule has 1 aromatic heterocycles. The van der Waals surface area contributed by atoms with Gasteiger partial charge in [0.25, 0.3) is 11.5 Å². The lowest BCUT2D eigenvalue weighted by atomic mass is 9.83. The maximum absolute atomic E-state index is 13.2. The van der Waals surface area contributed by atoms with Gasteiger partial charge in [0.05, 0.1) is 0 Å². The Balaban J connectivity index is 1.33. The van der Waals surface area contributed by atoms with Crippen LogP contribution in [0, 0.1) is 5.92 Å². The Labute approximate surface area is 223 Å². The van der Waals surface area contributed by atoms with E-state index < -0.39 is 9.96 Å². The van der Waals surface area contributed by atoms with Gasteiger partial charge in [-0.1, -0.05) is 77.3 Å². The number of amides is 1. The molecule has 0 saturated carbocycles. The van der Waals surface area contributed by atoms with E-state index in [0.717, 1.165) is 22.9 Å². The van der Waals surface area contributed by atoms with Gasteiger partial charge in [0, 0.05) is 42.9 Å². The van der Waals surface area contributed by atoms with Crippen molar-refractivity contribution >= 4 is 68.8 Å². The monoisotopic (exact) mass is 548 g/mol. The van der Waals surface area contributed by atoms with Crippen molar-refractivity contribution in [3.05, 3.63) is 82.3 Å². The maximum atomic E-state index is 13.2. The predicted octanol–water partition coefficient (Wildman–Crippen LogP) is 4.42. The summed E-state index contributed by atoms with van der Waals surface area (Å²) in [6.07, 6.45) is -0.0583. The first kappa shape index (κ1) is 24.4. The quantitative estimate of drug-likeness (QED) is 0.288. The van der Waals surface area contributed by atoms with E-state index in [2.05, 4.69) is 10.6 Å². The van der Waals surface area contributed by atoms with E-state index in [-0.39, 0.29) is 23.3 Å². The number of piperidine rings is 1. The summed E-state index contributed by atoms with van der Waals surface area (Å²) in [6.45, 7) is 1.96. The number of halogens is 3. The highest BCUT2D eigenvalue weighted by molar-refractivity contribution is 7.80. The van der Waals surface area contributed by atoms with Crippen molar-refractivity contribution in [3.8, 4) is 0 Å². The van der Waals surface area contributed by atoms with E-state index in [9.17, 15) is 9.59 Å². The smallest absolute Gasteiger partial charge is 0.253 e. The Morgan fingerprint density at radius 3 is 2.51 bits per heavy atom. The first-order chi connectivity index (χ1) is 16.7. The Bertz CT molecular complexity index is 1350. The van der Waals surface area contributed by atoms with E-state index in [1.165, 1.54) is 0 Å². The number of carbonyl (C=O) groups is 1. The molecule has 2 aromatic carbocycles. The number of benzene rings is 2. The summed E-state index contributed by atoms with van der Waals surface area (Å²) in [5, 5.41) is 7.99. The summed E-state index contributed by atoms with van der Waals surface area (Å²) in [4.78, 5) is 27.5. The number of likely N-dealkylation sites (tertiary alicyclic amines) is 1. The zero-order valence-corrected chi connectivity index (χ0v) is 21.7. The fourth-order valence-corrected chi connectivity index (χ4v) is 5.70. The van der Waals surface area contributed by atoms with Crippen LogP contribution in [0.15, 0.2) is 65.5 Å². The zero-order valence-electron chi connectivity index (χ0n) is 18.6. The molecule has 35 heavy (non-hydrogen) atoms. The summed E-state index contributed by atoms with van der Waals surface area (Å²) in [7, 11) is 0. The standard InChI is InChI=1S/C25H23Cl3N4O2S/c26-25(27,28)23(29-22(34)19-8-3-6-16-5-1-2-7-18(16)19)30-24(35)31-12-15-11-17(14-31)20-9-4-10-21(33)32(20)13-15/h1-10,15,17,23H,11-14H2,(H,29,34)(H,30,35)/t15-,17-,23-/m0/s1. The molecule has 2 N–H and O–H groups in total. The molecule has 5 rings (SSSR count). The molecule has 3 heterocycles. The molecule has 1 amide bonds. The third kappa shape index (κ3) is 5.00. The minimum absolute atomic E-state index is 0.0266. The van der Waals surface area contributed by atoms with E-state index in [0.29, 0.717) is 30.3 Å². The normalized spacial score (nSPS) is 20.1. The molecule has 182 valence electrons. The number of rotatable bonds is 3. The maximum Gasteiger partial charge on any atom is 0.253 e.